The molecule has 2 unspecified atom stereocenters. The monoisotopic (exact) mass is 322 g/mol. The maximum absolute atomic E-state index is 13.0. The normalized spacial score (nSPS) is 37.8. The van der Waals surface area contributed by atoms with Gasteiger partial charge in [0.05, 0.1) is 0 Å². The van der Waals surface area contributed by atoms with Gasteiger partial charge in [0.25, 0.3) is 5.95 Å². The van der Waals surface area contributed by atoms with Gasteiger partial charge < -0.3 is 5.11 Å². The van der Waals surface area contributed by atoms with E-state index in [2.05, 4.69) is 55.9 Å². The van der Waals surface area contributed by atoms with E-state index >= 15 is 0 Å². The molecular formula is C18H20N5O-. The number of nitrogens with zero attached hydrogens (tertiary/aromatic N) is 4. The molecule has 4 bridgehead atoms. The molecule has 4 saturated carbocycles. The second kappa shape index (κ2) is 4.88. The standard InChI is InChI=1S/C18H21N5O/c24-15(19-16-20-22-23-21-16)18-9-12-6-13(10-18)8-17(7-12,11-18)14-4-2-1-3-5-14/h1-5,12-13H,6-11H2,(H2,19,20,21,22,23,24)/p-1/t12-,13+,17?,18?. The average Bonchev–Trinajstić information content (AvgIpc) is 3.07. The Hall–Kier alpha value is -2.24. The van der Waals surface area contributed by atoms with E-state index < -0.39 is 0 Å². The van der Waals surface area contributed by atoms with Crippen LogP contribution < -0.4 is 5.11 Å². The number of rotatable bonds is 3. The van der Waals surface area contributed by atoms with Crippen molar-refractivity contribution in [3.63, 3.8) is 0 Å². The van der Waals surface area contributed by atoms with Crippen LogP contribution in [0.1, 0.15) is 44.1 Å². The summed E-state index contributed by atoms with van der Waals surface area (Å²) in [5.74, 6) is 1.38. The first-order chi connectivity index (χ1) is 11.7. The maximum Gasteiger partial charge on any atom is 0.287 e. The molecule has 1 heterocycles. The van der Waals surface area contributed by atoms with Gasteiger partial charge in [-0.1, -0.05) is 35.4 Å². The molecule has 1 N–H and O–H groups in total. The highest BCUT2D eigenvalue weighted by atomic mass is 16.3. The molecular weight excluding hydrogens is 302 g/mol. The second-order valence-corrected chi connectivity index (χ2v) is 8.02. The predicted molar refractivity (Wildman–Crippen MR) is 86.5 cm³/mol. The van der Waals surface area contributed by atoms with Gasteiger partial charge in [0.1, 0.15) is 0 Å². The van der Waals surface area contributed by atoms with Crippen molar-refractivity contribution in [3.8, 4) is 0 Å². The van der Waals surface area contributed by atoms with Crippen LogP contribution in [0.5, 0.6) is 0 Å². The van der Waals surface area contributed by atoms with Crippen molar-refractivity contribution < 1.29 is 5.11 Å². The van der Waals surface area contributed by atoms with Gasteiger partial charge >= 0.3 is 0 Å². The highest BCUT2D eigenvalue weighted by Crippen LogP contribution is 2.65. The zero-order chi connectivity index (χ0) is 16.2. The molecule has 0 amide bonds. The van der Waals surface area contributed by atoms with Crippen molar-refractivity contribution in [1.82, 2.24) is 20.6 Å². The predicted octanol–water partition coefficient (Wildman–Crippen LogP) is 2.13. The Morgan fingerprint density at radius 1 is 1.12 bits per heavy atom. The minimum atomic E-state index is -0.333. The zero-order valence-corrected chi connectivity index (χ0v) is 13.5. The van der Waals surface area contributed by atoms with Gasteiger partial charge in [-0.2, -0.15) is 5.21 Å². The number of aromatic nitrogens is 4. The summed E-state index contributed by atoms with van der Waals surface area (Å²) in [6.07, 6.45) is 6.55. The van der Waals surface area contributed by atoms with E-state index in [4.69, 9.17) is 0 Å². The molecule has 4 fully saturated rings. The SMILES string of the molecule is [O-]C(=Nc1nn[nH]n1)C12C[C@H]3C[C@@H](C1)CC(c1ccccc1)(C3)C2. The molecule has 0 saturated heterocycles. The van der Waals surface area contributed by atoms with E-state index in [1.807, 2.05) is 0 Å². The van der Waals surface area contributed by atoms with Crippen molar-refractivity contribution in [2.24, 2.45) is 22.2 Å². The molecule has 4 atom stereocenters. The van der Waals surface area contributed by atoms with E-state index in [9.17, 15) is 5.11 Å². The topological polar surface area (TPSA) is 89.9 Å². The van der Waals surface area contributed by atoms with Gasteiger partial charge in [0, 0.05) is 5.41 Å². The number of hydrogen-bond acceptors (Lipinski definition) is 5. The number of nitrogens with one attached hydrogen (secondary N) is 1. The average molecular weight is 322 g/mol. The lowest BCUT2D eigenvalue weighted by molar-refractivity contribution is -0.242. The zero-order valence-electron chi connectivity index (χ0n) is 13.5. The molecule has 0 spiro atoms. The lowest BCUT2D eigenvalue weighted by Crippen LogP contribution is -2.59. The Labute approximate surface area is 140 Å². The molecule has 24 heavy (non-hydrogen) atoms. The Kier molecular flexibility index (Phi) is 2.87. The summed E-state index contributed by atoms with van der Waals surface area (Å²) in [5.41, 5.74) is 1.21. The van der Waals surface area contributed by atoms with Gasteiger partial charge in [-0.25, -0.2) is 4.99 Å². The number of H-pyrrole nitrogens is 1. The number of aromatic amines is 1. The van der Waals surface area contributed by atoms with Crippen molar-refractivity contribution in [2.45, 2.75) is 43.9 Å². The largest absolute Gasteiger partial charge is 0.861 e. The molecule has 6 nitrogen and oxygen atoms in total. The third-order valence-corrected chi connectivity index (χ3v) is 6.44. The summed E-state index contributed by atoms with van der Waals surface area (Å²) in [6.45, 7) is 0. The molecule has 4 aliphatic carbocycles. The minimum Gasteiger partial charge on any atom is -0.861 e. The Balaban J connectivity index is 1.56. The number of hydrogen-bond donors (Lipinski definition) is 1. The summed E-state index contributed by atoms with van der Waals surface area (Å²) in [7, 11) is 0. The molecule has 0 radical (unpaired) electrons. The Morgan fingerprint density at radius 2 is 1.88 bits per heavy atom. The van der Waals surface area contributed by atoms with Crippen LogP contribution in [0.15, 0.2) is 35.3 Å². The van der Waals surface area contributed by atoms with Gasteiger partial charge in [-0.15, -0.1) is 5.10 Å². The lowest BCUT2D eigenvalue weighted by atomic mass is 9.43. The third kappa shape index (κ3) is 2.01. The molecule has 2 aromatic rings. The first-order valence-corrected chi connectivity index (χ1v) is 8.73. The van der Waals surface area contributed by atoms with E-state index in [0.29, 0.717) is 11.8 Å². The fourth-order valence-electron chi connectivity index (χ4n) is 6.06. The number of tetrazole rings is 1. The van der Waals surface area contributed by atoms with Crippen LogP contribution >= 0.6 is 0 Å². The summed E-state index contributed by atoms with van der Waals surface area (Å²) in [5, 5.41) is 26.6. The smallest absolute Gasteiger partial charge is 0.287 e. The molecule has 1 aromatic carbocycles. The van der Waals surface area contributed by atoms with Gasteiger partial charge in [-0.05, 0) is 72.5 Å². The molecule has 6 rings (SSSR count). The van der Waals surface area contributed by atoms with E-state index in [0.717, 1.165) is 19.3 Å². The molecule has 0 aliphatic heterocycles. The van der Waals surface area contributed by atoms with Crippen LogP contribution in [0.4, 0.5) is 5.95 Å². The van der Waals surface area contributed by atoms with Crippen molar-refractivity contribution in [3.05, 3.63) is 35.9 Å². The fourth-order valence-corrected chi connectivity index (χ4v) is 6.06. The quantitative estimate of drug-likeness (QED) is 0.692. The van der Waals surface area contributed by atoms with Crippen LogP contribution in [0.3, 0.4) is 0 Å². The van der Waals surface area contributed by atoms with Crippen LogP contribution in [-0.4, -0.2) is 26.5 Å². The Bertz CT molecular complexity index is 756. The number of benzene rings is 1. The molecule has 6 heteroatoms. The van der Waals surface area contributed by atoms with Gasteiger partial charge in [-0.3, -0.25) is 0 Å². The first kappa shape index (κ1) is 14.1. The first-order valence-electron chi connectivity index (χ1n) is 8.73. The van der Waals surface area contributed by atoms with Crippen molar-refractivity contribution >= 4 is 11.8 Å². The minimum absolute atomic E-state index is 0.0432. The van der Waals surface area contributed by atoms with Crippen LogP contribution in [0, 0.1) is 17.3 Å². The number of aliphatic imine (C=N–C) groups is 1. The summed E-state index contributed by atoms with van der Waals surface area (Å²) in [4.78, 5) is 4.18. The second-order valence-electron chi connectivity index (χ2n) is 8.02. The van der Waals surface area contributed by atoms with E-state index in [1.165, 1.54) is 24.8 Å². The molecule has 4 aliphatic rings. The maximum atomic E-state index is 13.0. The van der Waals surface area contributed by atoms with Gasteiger partial charge in [0.15, 0.2) is 0 Å². The fraction of sp³-hybridized carbons (Fsp3) is 0.556. The molecule has 1 aromatic heterocycles. The van der Waals surface area contributed by atoms with Crippen molar-refractivity contribution in [2.75, 3.05) is 0 Å². The summed E-state index contributed by atoms with van der Waals surface area (Å²) in [6, 6.07) is 10.8. The van der Waals surface area contributed by atoms with E-state index in [1.54, 1.807) is 0 Å². The van der Waals surface area contributed by atoms with E-state index in [-0.39, 0.29) is 22.7 Å². The van der Waals surface area contributed by atoms with Crippen LogP contribution in [0.25, 0.3) is 0 Å². The summed E-state index contributed by atoms with van der Waals surface area (Å²) < 4.78 is 0. The highest BCUT2D eigenvalue weighted by molar-refractivity contribution is 5.81. The molecule has 124 valence electrons. The van der Waals surface area contributed by atoms with Crippen molar-refractivity contribution in [1.29, 1.82) is 0 Å². The third-order valence-electron chi connectivity index (χ3n) is 6.44. The lowest BCUT2D eigenvalue weighted by Gasteiger charge is -2.63. The Morgan fingerprint density at radius 3 is 2.54 bits per heavy atom. The van der Waals surface area contributed by atoms with Crippen LogP contribution in [-0.2, 0) is 5.41 Å². The van der Waals surface area contributed by atoms with Crippen LogP contribution in [0.2, 0.25) is 0 Å². The summed E-state index contributed by atoms with van der Waals surface area (Å²) >= 11 is 0. The van der Waals surface area contributed by atoms with Gasteiger partial charge in [0.2, 0.25) is 0 Å². The highest BCUT2D eigenvalue weighted by Gasteiger charge is 2.58.